The molecule has 0 radical (unpaired) electrons. The summed E-state index contributed by atoms with van der Waals surface area (Å²) < 4.78 is 54.5. The molecule has 1 N–H and O–H groups in total. The molecule has 1 saturated heterocycles. The second-order valence-corrected chi connectivity index (χ2v) is 27.1. The van der Waals surface area contributed by atoms with Gasteiger partial charge in [-0.05, 0) is 48.4 Å². The van der Waals surface area contributed by atoms with Gasteiger partial charge in [0.25, 0.3) is 5.56 Å². The fourth-order valence-electron chi connectivity index (χ4n) is 12.3. The highest BCUT2D eigenvalue weighted by Gasteiger charge is 2.41. The standard InChI is InChI=1S/C75H131N2O13P/c1-5-8-11-14-17-20-23-26-29-32-35-38-41-44-47-50-55-84-67-58-65(62-87-71(78)53-54-72(79)90-66-60-70(89-69(66)63-88-91(82)83)77-61-64(4)74(80)76-75(77)81)59-68(85-56-51-48-45-42-39-36-33-30-27-24-21-18-15-12-9-6-2)73(67)86-57-52-49-46-43-40-37-34-31-28-25-22-19-16-13-10-7-3/h58-59,61,66,69-70H,5-57,60,62-63H2,1-4H3,(H,76,80,81)/t66?,69-,70-/m1/s1. The molecule has 1 fully saturated rings. The molecule has 0 spiro atoms. The highest BCUT2D eigenvalue weighted by atomic mass is 31.1. The SMILES string of the molecule is CCCCCCCCCCCCCCCCCCOc1cc(COC(=O)CCC(=O)OC2C[C@H](n3cc(C)c(=O)[nH]c3=O)O[C@@H]2CO[P+](=O)[O-])cc(OCCCCCCCCCCCCCCCCCC)c1OCCCCCCCCCCCCCCCCCC. The van der Waals surface area contributed by atoms with Crippen LogP contribution >= 0.6 is 8.25 Å². The Kier molecular flexibility index (Phi) is 50.6. The number of H-pyrrole nitrogens is 1. The number of unbranched alkanes of at least 4 members (excludes halogenated alkanes) is 45. The molecule has 0 saturated carbocycles. The summed E-state index contributed by atoms with van der Waals surface area (Å²) in [7, 11) is -3.24. The Morgan fingerprint density at radius 3 is 1.22 bits per heavy atom. The number of hydrogen-bond acceptors (Lipinski definition) is 13. The van der Waals surface area contributed by atoms with Crippen LogP contribution in [0.25, 0.3) is 0 Å². The number of carbonyl (C=O) groups excluding carboxylic acids is 2. The summed E-state index contributed by atoms with van der Waals surface area (Å²) in [6.07, 6.45) is 59.8. The molecule has 2 heterocycles. The Morgan fingerprint density at radius 1 is 0.516 bits per heavy atom. The van der Waals surface area contributed by atoms with Gasteiger partial charge < -0.3 is 33.3 Å². The van der Waals surface area contributed by atoms with Crippen LogP contribution in [0.4, 0.5) is 0 Å². The van der Waals surface area contributed by atoms with Crippen LogP contribution < -0.4 is 30.4 Å². The molecule has 0 bridgehead atoms. The molecule has 1 aliphatic heterocycles. The predicted octanol–water partition coefficient (Wildman–Crippen LogP) is 20.5. The number of nitrogens with one attached hydrogen (secondary N) is 1. The van der Waals surface area contributed by atoms with Crippen molar-refractivity contribution in [1.82, 2.24) is 9.55 Å². The molecule has 16 heteroatoms. The molecule has 0 aliphatic carbocycles. The Balaban J connectivity index is 1.61. The number of carbonyl (C=O) groups is 2. The Morgan fingerprint density at radius 2 is 0.857 bits per heavy atom. The van der Waals surface area contributed by atoms with Crippen molar-refractivity contribution < 1.29 is 52.0 Å². The quantitative estimate of drug-likeness (QED) is 0.0374. The summed E-state index contributed by atoms with van der Waals surface area (Å²) in [6, 6.07) is 3.78. The Bertz CT molecular complexity index is 2180. The van der Waals surface area contributed by atoms with Crippen LogP contribution in [0, 0.1) is 6.92 Å². The first-order valence-electron chi connectivity index (χ1n) is 37.7. The summed E-state index contributed by atoms with van der Waals surface area (Å²) in [5, 5.41) is 0. The summed E-state index contributed by atoms with van der Waals surface area (Å²) in [6.45, 7) is 9.40. The highest BCUT2D eigenvalue weighted by Crippen LogP contribution is 2.40. The van der Waals surface area contributed by atoms with Gasteiger partial charge in [-0.15, -0.1) is 4.52 Å². The van der Waals surface area contributed by atoms with Crippen LogP contribution in [0.1, 0.15) is 366 Å². The number of esters is 2. The van der Waals surface area contributed by atoms with Gasteiger partial charge in [0, 0.05) is 18.2 Å². The van der Waals surface area contributed by atoms with Crippen molar-refractivity contribution in [2.45, 2.75) is 380 Å². The lowest BCUT2D eigenvalue weighted by Crippen LogP contribution is -2.33. The van der Waals surface area contributed by atoms with Crippen LogP contribution in [0.2, 0.25) is 0 Å². The van der Waals surface area contributed by atoms with Gasteiger partial charge in [-0.1, -0.05) is 310 Å². The molecule has 15 nitrogen and oxygen atoms in total. The molecule has 2 aromatic rings. The summed E-state index contributed by atoms with van der Waals surface area (Å²) in [4.78, 5) is 64.8. The number of aryl methyl sites for hydroxylation is 1. The lowest BCUT2D eigenvalue weighted by atomic mass is 10.0. The maximum atomic E-state index is 13.3. The molecule has 0 amide bonds. The van der Waals surface area contributed by atoms with Gasteiger partial charge in [0.15, 0.2) is 11.5 Å². The van der Waals surface area contributed by atoms with Crippen molar-refractivity contribution in [2.75, 3.05) is 26.4 Å². The van der Waals surface area contributed by atoms with Crippen LogP contribution in [-0.4, -0.2) is 60.1 Å². The minimum atomic E-state index is -3.24. The average molecular weight is 1300 g/mol. The predicted molar refractivity (Wildman–Crippen MR) is 369 cm³/mol. The average Bonchev–Trinajstić information content (AvgIpc) is 1.87. The van der Waals surface area contributed by atoms with Gasteiger partial charge in [0.05, 0.1) is 32.7 Å². The number of aromatic nitrogens is 2. The molecule has 3 rings (SSSR count). The third-order valence-electron chi connectivity index (χ3n) is 18.0. The first-order valence-corrected chi connectivity index (χ1v) is 38.8. The number of benzene rings is 1. The maximum Gasteiger partial charge on any atom is 0.488 e. The van der Waals surface area contributed by atoms with Crippen molar-refractivity contribution in [3.63, 3.8) is 0 Å². The molecule has 1 aliphatic rings. The van der Waals surface area contributed by atoms with E-state index in [-0.39, 0.29) is 31.4 Å². The van der Waals surface area contributed by atoms with Gasteiger partial charge in [-0.25, -0.2) is 4.79 Å². The first-order chi connectivity index (χ1) is 44.6. The third kappa shape index (κ3) is 42.3. The smallest absolute Gasteiger partial charge is 0.488 e. The zero-order valence-electron chi connectivity index (χ0n) is 58.3. The Hall–Kier alpha value is -3.78. The van der Waals surface area contributed by atoms with Gasteiger partial charge in [-0.3, -0.25) is 23.9 Å². The lowest BCUT2D eigenvalue weighted by molar-refractivity contribution is -0.189. The molecule has 524 valence electrons. The topological polar surface area (TPSA) is 194 Å². The minimum absolute atomic E-state index is 0.0295. The van der Waals surface area contributed by atoms with E-state index in [1.54, 1.807) is 0 Å². The zero-order valence-corrected chi connectivity index (χ0v) is 59.2. The Labute approximate surface area is 553 Å². The van der Waals surface area contributed by atoms with Crippen LogP contribution in [0.15, 0.2) is 27.9 Å². The fourth-order valence-corrected chi connectivity index (χ4v) is 12.6. The molecule has 1 aromatic carbocycles. The normalized spacial score (nSPS) is 14.9. The number of aromatic amines is 1. The lowest BCUT2D eigenvalue weighted by Gasteiger charge is -2.19. The van der Waals surface area contributed by atoms with Gasteiger partial charge in [-0.2, -0.15) is 0 Å². The van der Waals surface area contributed by atoms with Gasteiger partial charge >= 0.3 is 25.9 Å². The number of ether oxygens (including phenoxy) is 6. The molecule has 4 atom stereocenters. The molecular formula is C75H131N2O13P. The second kappa shape index (κ2) is 56.6. The number of nitrogens with zero attached hydrogens (tertiary/aromatic N) is 1. The van der Waals surface area contributed by atoms with Crippen LogP contribution in [0.5, 0.6) is 17.2 Å². The first kappa shape index (κ1) is 81.5. The summed E-state index contributed by atoms with van der Waals surface area (Å²) >= 11 is 0. The van der Waals surface area contributed by atoms with Crippen molar-refractivity contribution in [1.29, 1.82) is 0 Å². The molecule has 2 unspecified atom stereocenters. The zero-order chi connectivity index (χ0) is 65.5. The number of hydrogen-bond donors (Lipinski definition) is 1. The van der Waals surface area contributed by atoms with E-state index in [0.717, 1.165) is 43.1 Å². The van der Waals surface area contributed by atoms with Gasteiger partial charge in [0.1, 0.15) is 31.6 Å². The van der Waals surface area contributed by atoms with E-state index >= 15 is 0 Å². The van der Waals surface area contributed by atoms with E-state index in [1.807, 2.05) is 12.1 Å². The van der Waals surface area contributed by atoms with Crippen molar-refractivity contribution in [2.24, 2.45) is 0 Å². The van der Waals surface area contributed by atoms with Gasteiger partial charge in [0.2, 0.25) is 5.75 Å². The van der Waals surface area contributed by atoms with Crippen molar-refractivity contribution in [3.05, 3.63) is 50.3 Å². The van der Waals surface area contributed by atoms with E-state index in [2.05, 4.69) is 25.8 Å². The summed E-state index contributed by atoms with van der Waals surface area (Å²) in [5.41, 5.74) is -0.355. The van der Waals surface area contributed by atoms with E-state index in [4.69, 9.17) is 32.9 Å². The minimum Gasteiger partial charge on any atom is -0.566 e. The van der Waals surface area contributed by atoms with E-state index in [0.29, 0.717) is 42.6 Å². The second-order valence-electron chi connectivity index (χ2n) is 26.4. The molecule has 91 heavy (non-hydrogen) atoms. The van der Waals surface area contributed by atoms with E-state index in [1.165, 1.54) is 283 Å². The van der Waals surface area contributed by atoms with Crippen molar-refractivity contribution >= 4 is 20.2 Å². The monoisotopic (exact) mass is 1300 g/mol. The van der Waals surface area contributed by atoms with Crippen molar-refractivity contribution in [3.8, 4) is 17.2 Å². The number of rotatable bonds is 64. The third-order valence-corrected chi connectivity index (χ3v) is 18.4. The molecular weight excluding hydrogens is 1170 g/mol. The fraction of sp³-hybridized carbons (Fsp3) is 0.840. The largest absolute Gasteiger partial charge is 0.566 e. The van der Waals surface area contributed by atoms with Crippen LogP contribution in [0.3, 0.4) is 0 Å². The van der Waals surface area contributed by atoms with E-state index in [9.17, 15) is 28.6 Å². The van der Waals surface area contributed by atoms with Crippen LogP contribution in [-0.2, 0) is 39.5 Å². The summed E-state index contributed by atoms with van der Waals surface area (Å²) in [5.74, 6) is 0.386. The maximum absolute atomic E-state index is 13.3. The highest BCUT2D eigenvalue weighted by molar-refractivity contribution is 7.30. The van der Waals surface area contributed by atoms with E-state index < -0.39 is 56.5 Å². The molecule has 1 aromatic heterocycles.